The number of halogens is 1. The largest absolute Gasteiger partial charge is 0.447 e. The van der Waals surface area contributed by atoms with Crippen LogP contribution >= 0.6 is 38.6 Å². The lowest BCUT2D eigenvalue weighted by Crippen LogP contribution is -2.38. The number of aromatic nitrogens is 6. The van der Waals surface area contributed by atoms with Gasteiger partial charge in [-0.3, -0.25) is 0 Å². The van der Waals surface area contributed by atoms with Gasteiger partial charge >= 0.3 is 12.2 Å². The molecule has 0 saturated heterocycles. The van der Waals surface area contributed by atoms with Crippen LogP contribution in [0.15, 0.2) is 87.6 Å². The smallest absolute Gasteiger partial charge is 0.407 e. The summed E-state index contributed by atoms with van der Waals surface area (Å²) in [4.78, 5) is 35.1. The summed E-state index contributed by atoms with van der Waals surface area (Å²) < 4.78 is 68.1. The third-order valence-electron chi connectivity index (χ3n) is 13.2. The molecule has 2 fully saturated rings. The molecule has 0 spiro atoms. The minimum atomic E-state index is -3.77. The number of ether oxygens (including phenoxy) is 2. The molecule has 25 heteroatoms. The van der Waals surface area contributed by atoms with Crippen molar-refractivity contribution in [1.82, 2.24) is 50.4 Å². The maximum Gasteiger partial charge on any atom is 0.407 e. The highest BCUT2D eigenvalue weighted by molar-refractivity contribution is 9.10. The number of nitrogens with one attached hydrogen (secondary N) is 5. The molecule has 4 aromatic heterocycles. The fourth-order valence-corrected chi connectivity index (χ4v) is 14.6. The minimum absolute atomic E-state index is 0.0877. The first-order chi connectivity index (χ1) is 38.4. The summed E-state index contributed by atoms with van der Waals surface area (Å²) in [6, 6.07) is 14.5. The highest BCUT2D eigenvalue weighted by Crippen LogP contribution is 2.42. The number of thiazole rings is 2. The van der Waals surface area contributed by atoms with Gasteiger partial charge in [0.1, 0.15) is 5.82 Å². The van der Waals surface area contributed by atoms with Gasteiger partial charge in [0.15, 0.2) is 5.82 Å². The first-order valence-corrected chi connectivity index (χ1v) is 32.8. The van der Waals surface area contributed by atoms with Crippen LogP contribution in [-0.4, -0.2) is 96.8 Å². The molecule has 2 aliphatic rings. The molecule has 0 unspecified atom stereocenters. The van der Waals surface area contributed by atoms with E-state index in [1.807, 2.05) is 64.1 Å². The number of sulfonamides is 2. The third kappa shape index (κ3) is 19.2. The monoisotopic (exact) mass is 1250 g/mol. The van der Waals surface area contributed by atoms with Gasteiger partial charge in [-0.05, 0) is 138 Å². The number of hydrogen-bond donors (Lipinski definition) is 6. The van der Waals surface area contributed by atoms with Gasteiger partial charge in [0.25, 0.3) is 0 Å². The molecule has 0 aliphatic heterocycles. The maximum atomic E-state index is 13.2. The standard InChI is InChI=1S/C28H38N6O4S2.C21H28BrN3O4S2.C7H11N3/c1-6-31-40(36,37)25-14-22(32-26-13-20(17(2)3)15-30-34-26)11-12-23(25)24-16-29-27(39-24)19-7-9-21(10-8-19)33-28(35)38-18(4)5;1-4-24-31(27,28)19-11-15(22)7-10-17(19)18-12-23-20(30-18)14-5-8-16(9-6-14)25-21(26)29-13(2)3;1-5(2)6-3-7(8)10-9-4-6/h11-19,21,31H,6-10H2,1-5H3,(H,32,34)(H,33,35);7,10-14,16,24H,4-6,8-9H2,1-3H3,(H,25,26);3-5H,1-2H3,(H2,8,10). The van der Waals surface area contributed by atoms with Gasteiger partial charge in [-0.2, -0.15) is 10.2 Å². The second-order valence-electron chi connectivity index (χ2n) is 21.0. The summed E-state index contributed by atoms with van der Waals surface area (Å²) in [6.45, 7) is 19.8. The number of amides is 2. The lowest BCUT2D eigenvalue weighted by atomic mass is 9.86. The van der Waals surface area contributed by atoms with E-state index >= 15 is 0 Å². The zero-order valence-electron chi connectivity index (χ0n) is 47.7. The Morgan fingerprint density at radius 2 is 1.06 bits per heavy atom. The van der Waals surface area contributed by atoms with Gasteiger partial charge in [-0.15, -0.1) is 32.9 Å². The molecule has 440 valence electrons. The van der Waals surface area contributed by atoms with Crippen LogP contribution in [0, 0.1) is 0 Å². The van der Waals surface area contributed by atoms with Crippen LogP contribution in [0.5, 0.6) is 0 Å². The van der Waals surface area contributed by atoms with Gasteiger partial charge < -0.3 is 31.2 Å². The van der Waals surface area contributed by atoms with Crippen LogP contribution in [-0.2, 0) is 29.5 Å². The Hall–Kier alpha value is -5.70. The van der Waals surface area contributed by atoms with Crippen molar-refractivity contribution < 1.29 is 35.9 Å². The van der Waals surface area contributed by atoms with Crippen LogP contribution in [0.4, 0.5) is 26.9 Å². The Labute approximate surface area is 493 Å². The first-order valence-electron chi connectivity index (χ1n) is 27.4. The molecule has 2 aromatic carbocycles. The van der Waals surface area contributed by atoms with Crippen LogP contribution in [0.25, 0.3) is 20.9 Å². The Morgan fingerprint density at radius 3 is 1.49 bits per heavy atom. The number of hydrogen-bond acceptors (Lipinski definition) is 18. The van der Waals surface area contributed by atoms with Gasteiger partial charge in [0.05, 0.1) is 54.2 Å². The summed E-state index contributed by atoms with van der Waals surface area (Å²) in [5.41, 5.74) is 9.44. The van der Waals surface area contributed by atoms with Crippen molar-refractivity contribution in [3.8, 4) is 20.9 Å². The molecule has 2 amide bonds. The van der Waals surface area contributed by atoms with Gasteiger partial charge in [-0.25, -0.2) is 45.8 Å². The zero-order chi connectivity index (χ0) is 59.0. The molecule has 0 bridgehead atoms. The molecule has 2 aliphatic carbocycles. The average Bonchev–Trinajstić information content (AvgIpc) is 4.33. The summed E-state index contributed by atoms with van der Waals surface area (Å²) in [5.74, 6) is 2.37. The first kappa shape index (κ1) is 64.5. The van der Waals surface area contributed by atoms with E-state index in [4.69, 9.17) is 15.2 Å². The van der Waals surface area contributed by atoms with E-state index < -0.39 is 20.0 Å². The number of nitrogens with zero attached hydrogens (tertiary/aromatic N) is 6. The molecule has 81 heavy (non-hydrogen) atoms. The van der Waals surface area contributed by atoms with Crippen molar-refractivity contribution in [2.45, 2.75) is 178 Å². The van der Waals surface area contributed by atoms with Crippen LogP contribution < -0.4 is 31.1 Å². The Morgan fingerprint density at radius 1 is 0.617 bits per heavy atom. The average molecular weight is 1250 g/mol. The van der Waals surface area contributed by atoms with E-state index in [2.05, 4.69) is 99.4 Å². The number of benzene rings is 2. The van der Waals surface area contributed by atoms with E-state index in [1.54, 1.807) is 50.8 Å². The second-order valence-corrected chi connectivity index (χ2v) is 27.5. The van der Waals surface area contributed by atoms with E-state index in [0.29, 0.717) is 51.3 Å². The van der Waals surface area contributed by atoms with E-state index in [-0.39, 0.29) is 64.6 Å². The number of alkyl carbamates (subject to hydrolysis) is 2. The molecule has 6 aromatic rings. The van der Waals surface area contributed by atoms with Crippen molar-refractivity contribution in [1.29, 1.82) is 0 Å². The summed E-state index contributed by atoms with van der Waals surface area (Å²) in [6.07, 6.45) is 13.0. The predicted molar refractivity (Wildman–Crippen MR) is 324 cm³/mol. The maximum absolute atomic E-state index is 13.2. The fourth-order valence-electron chi connectivity index (χ4n) is 9.11. The number of nitrogens with two attached hydrogens (primary N) is 1. The molecule has 0 atom stereocenters. The Bertz CT molecular complexity index is 3250. The quantitative estimate of drug-likeness (QED) is 0.0466. The number of nitrogen functional groups attached to an aromatic ring is 1. The summed E-state index contributed by atoms with van der Waals surface area (Å²) >= 11 is 6.43. The fraction of sp³-hybridized carbons (Fsp3) is 0.500. The van der Waals surface area contributed by atoms with Crippen molar-refractivity contribution in [2.75, 3.05) is 24.1 Å². The summed E-state index contributed by atoms with van der Waals surface area (Å²) in [5, 5.41) is 26.7. The molecular formula is C56H77BrN12O8S4. The Kier molecular flexibility index (Phi) is 23.9. The van der Waals surface area contributed by atoms with E-state index in [0.717, 1.165) is 82.3 Å². The van der Waals surface area contributed by atoms with Crippen molar-refractivity contribution in [3.63, 3.8) is 0 Å². The molecule has 0 radical (unpaired) electrons. The normalized spacial score (nSPS) is 17.4. The van der Waals surface area contributed by atoms with Gasteiger partial charge in [0, 0.05) is 70.7 Å². The predicted octanol–water partition coefficient (Wildman–Crippen LogP) is 12.1. The van der Waals surface area contributed by atoms with Crippen molar-refractivity contribution in [3.05, 3.63) is 98.9 Å². The van der Waals surface area contributed by atoms with Gasteiger partial charge in [-0.1, -0.05) is 69.6 Å². The van der Waals surface area contributed by atoms with Crippen LogP contribution in [0.1, 0.15) is 165 Å². The number of anilines is 3. The Balaban J connectivity index is 0.000000227. The SMILES string of the molecule is CC(C)c1cnnc(N)c1.CCNS(=O)(=O)c1cc(Br)ccc1-c1cnc(C2CCC(NC(=O)OC(C)C)CC2)s1.CCNS(=O)(=O)c1cc(Nc2cc(C(C)C)cnn2)ccc1-c1cnc(C2CCC(NC(=O)OC(C)C)CC2)s1. The van der Waals surface area contributed by atoms with E-state index in [1.165, 1.54) is 22.7 Å². The van der Waals surface area contributed by atoms with E-state index in [9.17, 15) is 26.4 Å². The highest BCUT2D eigenvalue weighted by atomic mass is 79.9. The molecular weight excluding hydrogens is 1180 g/mol. The van der Waals surface area contributed by atoms with Crippen molar-refractivity contribution >= 4 is 88.2 Å². The second kappa shape index (κ2) is 30.0. The molecule has 8 rings (SSSR count). The zero-order valence-corrected chi connectivity index (χ0v) is 52.5. The number of carbonyl (C=O) groups excluding carboxylic acids is 2. The van der Waals surface area contributed by atoms with Gasteiger partial charge in [0.2, 0.25) is 20.0 Å². The topological polar surface area (TPSA) is 284 Å². The number of carbonyl (C=O) groups is 2. The van der Waals surface area contributed by atoms with Crippen LogP contribution in [0.3, 0.4) is 0 Å². The van der Waals surface area contributed by atoms with Crippen LogP contribution in [0.2, 0.25) is 0 Å². The molecule has 7 N–H and O–H groups in total. The number of rotatable bonds is 18. The molecule has 2 saturated carbocycles. The third-order valence-corrected chi connectivity index (χ3v) is 19.3. The lowest BCUT2D eigenvalue weighted by molar-refractivity contribution is 0.108. The van der Waals surface area contributed by atoms with Crippen molar-refractivity contribution in [2.24, 2.45) is 0 Å². The summed E-state index contributed by atoms with van der Waals surface area (Å²) in [7, 11) is -7.38. The minimum Gasteiger partial charge on any atom is -0.447 e. The molecule has 4 heterocycles. The highest BCUT2D eigenvalue weighted by Gasteiger charge is 2.30. The molecule has 20 nitrogen and oxygen atoms in total. The lowest BCUT2D eigenvalue weighted by Gasteiger charge is -2.28.